The van der Waals surface area contributed by atoms with E-state index in [0.29, 0.717) is 29.3 Å². The minimum atomic E-state index is -3.47. The van der Waals surface area contributed by atoms with Crippen molar-refractivity contribution in [3.63, 3.8) is 0 Å². The van der Waals surface area contributed by atoms with Crippen LogP contribution >= 0.6 is 0 Å². The van der Waals surface area contributed by atoms with Crippen LogP contribution in [0, 0.1) is 6.92 Å². The molecule has 3 aromatic rings. The van der Waals surface area contributed by atoms with Crippen molar-refractivity contribution in [1.29, 1.82) is 0 Å². The van der Waals surface area contributed by atoms with Crippen molar-refractivity contribution in [3.05, 3.63) is 89.0 Å². The summed E-state index contributed by atoms with van der Waals surface area (Å²) in [4.78, 5) is 12.5. The van der Waals surface area contributed by atoms with Crippen molar-refractivity contribution in [1.82, 2.24) is 5.32 Å². The molecule has 32 heavy (non-hydrogen) atoms. The Hall–Kier alpha value is -3.52. The molecule has 0 spiro atoms. The molecule has 1 amide bonds. The second-order valence-electron chi connectivity index (χ2n) is 7.68. The lowest BCUT2D eigenvalue weighted by atomic mass is 10.1. The van der Waals surface area contributed by atoms with Crippen LogP contribution in [-0.4, -0.2) is 27.4 Å². The fourth-order valence-electron chi connectivity index (χ4n) is 3.45. The maximum Gasteiger partial charge on any atom is 0.251 e. The lowest BCUT2D eigenvalue weighted by molar-refractivity contribution is 0.0951. The first-order valence-electron chi connectivity index (χ1n) is 10.1. The highest BCUT2D eigenvalue weighted by Crippen LogP contribution is 2.32. The molecular formula is C24H24N2O5S. The van der Waals surface area contributed by atoms with Crippen LogP contribution in [0.5, 0.6) is 11.5 Å². The summed E-state index contributed by atoms with van der Waals surface area (Å²) in [5, 5.41) is 2.88. The number of amides is 1. The summed E-state index contributed by atoms with van der Waals surface area (Å²) in [5.74, 6) is 1.16. The highest BCUT2D eigenvalue weighted by Gasteiger charge is 2.18. The highest BCUT2D eigenvalue weighted by atomic mass is 32.2. The lowest BCUT2D eigenvalue weighted by Gasteiger charge is -2.23. The molecule has 4 rings (SSSR count). The topological polar surface area (TPSA) is 84.9 Å². The van der Waals surface area contributed by atoms with Gasteiger partial charge in [-0.05, 0) is 60.0 Å². The van der Waals surface area contributed by atoms with Gasteiger partial charge in [-0.2, -0.15) is 0 Å². The molecule has 0 bridgehead atoms. The number of ether oxygens (including phenoxy) is 2. The van der Waals surface area contributed by atoms with Crippen LogP contribution in [0.4, 0.5) is 5.69 Å². The molecule has 1 N–H and O–H groups in total. The van der Waals surface area contributed by atoms with E-state index >= 15 is 0 Å². The minimum Gasteiger partial charge on any atom is -0.454 e. The van der Waals surface area contributed by atoms with E-state index in [1.807, 2.05) is 43.3 Å². The van der Waals surface area contributed by atoms with Crippen LogP contribution in [0.15, 0.2) is 66.7 Å². The average molecular weight is 453 g/mol. The number of anilines is 1. The second kappa shape index (κ2) is 8.92. The zero-order chi connectivity index (χ0) is 22.7. The summed E-state index contributed by atoms with van der Waals surface area (Å²) < 4.78 is 36.7. The van der Waals surface area contributed by atoms with Gasteiger partial charge in [-0.25, -0.2) is 8.42 Å². The Kier molecular flexibility index (Phi) is 6.05. The van der Waals surface area contributed by atoms with Gasteiger partial charge in [0.15, 0.2) is 11.5 Å². The number of benzene rings is 3. The van der Waals surface area contributed by atoms with Gasteiger partial charge in [0.1, 0.15) is 0 Å². The zero-order valence-electron chi connectivity index (χ0n) is 17.9. The predicted molar refractivity (Wildman–Crippen MR) is 122 cm³/mol. The normalized spacial score (nSPS) is 12.4. The first-order valence-corrected chi connectivity index (χ1v) is 11.9. The number of hydrogen-bond donors (Lipinski definition) is 1. The van der Waals surface area contributed by atoms with Gasteiger partial charge in [0.25, 0.3) is 5.91 Å². The van der Waals surface area contributed by atoms with E-state index in [-0.39, 0.29) is 19.2 Å². The van der Waals surface area contributed by atoms with Gasteiger partial charge in [0, 0.05) is 12.1 Å². The molecule has 0 aromatic heterocycles. The Morgan fingerprint density at radius 1 is 0.969 bits per heavy atom. The van der Waals surface area contributed by atoms with Crippen molar-refractivity contribution >= 4 is 21.6 Å². The monoisotopic (exact) mass is 452 g/mol. The maximum atomic E-state index is 12.5. The van der Waals surface area contributed by atoms with Crippen molar-refractivity contribution in [2.45, 2.75) is 20.0 Å². The molecule has 8 heteroatoms. The van der Waals surface area contributed by atoms with Gasteiger partial charge in [-0.1, -0.05) is 30.3 Å². The predicted octanol–water partition coefficient (Wildman–Crippen LogP) is 3.62. The van der Waals surface area contributed by atoms with Gasteiger partial charge in [-0.3, -0.25) is 9.10 Å². The van der Waals surface area contributed by atoms with E-state index in [9.17, 15) is 13.2 Å². The number of hydrogen-bond acceptors (Lipinski definition) is 5. The molecule has 7 nitrogen and oxygen atoms in total. The third-order valence-corrected chi connectivity index (χ3v) is 6.26. The quantitative estimate of drug-likeness (QED) is 0.592. The largest absolute Gasteiger partial charge is 0.454 e. The summed E-state index contributed by atoms with van der Waals surface area (Å²) in [6, 6.07) is 19.8. The van der Waals surface area contributed by atoms with Gasteiger partial charge in [0.05, 0.1) is 18.5 Å². The van der Waals surface area contributed by atoms with Gasteiger partial charge < -0.3 is 14.8 Å². The first-order chi connectivity index (χ1) is 15.3. The van der Waals surface area contributed by atoms with E-state index in [0.717, 1.165) is 16.7 Å². The number of carbonyl (C=O) groups is 1. The molecule has 1 aliphatic heterocycles. The van der Waals surface area contributed by atoms with Gasteiger partial charge in [0.2, 0.25) is 16.8 Å². The van der Waals surface area contributed by atoms with Crippen LogP contribution in [-0.2, 0) is 23.1 Å². The molecule has 0 saturated heterocycles. The van der Waals surface area contributed by atoms with Crippen LogP contribution < -0.4 is 19.1 Å². The highest BCUT2D eigenvalue weighted by molar-refractivity contribution is 7.92. The van der Waals surface area contributed by atoms with E-state index in [1.165, 1.54) is 10.6 Å². The molecule has 0 saturated carbocycles. The van der Waals surface area contributed by atoms with E-state index in [1.54, 1.807) is 30.3 Å². The molecule has 0 fully saturated rings. The molecule has 0 atom stereocenters. The van der Waals surface area contributed by atoms with Gasteiger partial charge >= 0.3 is 0 Å². The molecule has 3 aromatic carbocycles. The third-order valence-electron chi connectivity index (χ3n) is 5.12. The molecule has 166 valence electrons. The summed E-state index contributed by atoms with van der Waals surface area (Å²) >= 11 is 0. The minimum absolute atomic E-state index is 0.182. The van der Waals surface area contributed by atoms with Crippen molar-refractivity contribution in [2.75, 3.05) is 17.4 Å². The molecular weight excluding hydrogens is 428 g/mol. The average Bonchev–Trinajstić information content (AvgIpc) is 3.23. The summed E-state index contributed by atoms with van der Waals surface area (Å²) in [6.07, 6.45) is 1.19. The molecule has 1 heterocycles. The van der Waals surface area contributed by atoms with Crippen molar-refractivity contribution in [3.8, 4) is 11.5 Å². The number of carbonyl (C=O) groups excluding carboxylic acids is 1. The maximum absolute atomic E-state index is 12.5. The standard InChI is InChI=1S/C24H24N2O5S/c1-17-4-3-5-21(12-17)26(32(2,28)29)15-18-6-9-20(10-7-18)24(27)25-14-19-8-11-22-23(13-19)31-16-30-22/h3-13H,14-16H2,1-2H3,(H,25,27). The smallest absolute Gasteiger partial charge is 0.251 e. The Morgan fingerprint density at radius 3 is 2.41 bits per heavy atom. The molecule has 0 unspecified atom stereocenters. The van der Waals surface area contributed by atoms with Crippen LogP contribution in [0.3, 0.4) is 0 Å². The number of nitrogens with zero attached hydrogens (tertiary/aromatic N) is 1. The van der Waals surface area contributed by atoms with Crippen molar-refractivity contribution in [2.24, 2.45) is 0 Å². The molecule has 0 aliphatic carbocycles. The van der Waals surface area contributed by atoms with Crippen LogP contribution in [0.25, 0.3) is 0 Å². The van der Waals surface area contributed by atoms with Crippen LogP contribution in [0.2, 0.25) is 0 Å². The second-order valence-corrected chi connectivity index (χ2v) is 9.58. The van der Waals surface area contributed by atoms with Crippen molar-refractivity contribution < 1.29 is 22.7 Å². The Bertz CT molecular complexity index is 1240. The summed E-state index contributed by atoms with van der Waals surface area (Å²) in [5.41, 5.74) is 3.77. The fraction of sp³-hybridized carbons (Fsp3) is 0.208. The van der Waals surface area contributed by atoms with E-state index in [4.69, 9.17) is 9.47 Å². The first kappa shape index (κ1) is 21.7. The third kappa shape index (κ3) is 5.03. The number of rotatable bonds is 7. The zero-order valence-corrected chi connectivity index (χ0v) is 18.7. The van der Waals surface area contributed by atoms with E-state index < -0.39 is 10.0 Å². The summed E-state index contributed by atoms with van der Waals surface area (Å²) in [7, 11) is -3.47. The van der Waals surface area contributed by atoms with Crippen LogP contribution in [0.1, 0.15) is 27.0 Å². The Labute approximate surface area is 187 Å². The SMILES string of the molecule is Cc1cccc(N(Cc2ccc(C(=O)NCc3ccc4c(c3)OCO4)cc2)S(C)(=O)=O)c1. The summed E-state index contributed by atoms with van der Waals surface area (Å²) in [6.45, 7) is 2.66. The number of sulfonamides is 1. The number of nitrogens with one attached hydrogen (secondary N) is 1. The molecule has 1 aliphatic rings. The van der Waals surface area contributed by atoms with E-state index in [2.05, 4.69) is 5.32 Å². The van der Waals surface area contributed by atoms with Gasteiger partial charge in [-0.15, -0.1) is 0 Å². The fourth-order valence-corrected chi connectivity index (χ4v) is 4.33. The number of aryl methyl sites for hydroxylation is 1. The number of fused-ring (bicyclic) bond motifs is 1. The Morgan fingerprint density at radius 2 is 1.69 bits per heavy atom. The Balaban J connectivity index is 1.42. The lowest BCUT2D eigenvalue weighted by Crippen LogP contribution is -2.29. The molecule has 0 radical (unpaired) electrons.